The third kappa shape index (κ3) is 8.50. The van der Waals surface area contributed by atoms with Gasteiger partial charge >= 0.3 is 0 Å². The number of aliphatic imine (C=N–C) groups is 1. The first kappa shape index (κ1) is 24.3. The molecule has 0 amide bonds. The quantitative estimate of drug-likeness (QED) is 0.228. The highest BCUT2D eigenvalue weighted by Crippen LogP contribution is 2.14. The molecule has 0 fully saturated rings. The third-order valence-electron chi connectivity index (χ3n) is 4.42. The van der Waals surface area contributed by atoms with Crippen LogP contribution in [0, 0.1) is 6.92 Å². The second-order valence-corrected chi connectivity index (χ2v) is 6.73. The Bertz CT molecular complexity index is 712. The molecule has 0 aliphatic carbocycles. The number of guanidine groups is 1. The molecule has 7 heteroatoms. The van der Waals surface area contributed by atoms with Gasteiger partial charge in [-0.15, -0.1) is 24.0 Å². The van der Waals surface area contributed by atoms with E-state index in [1.54, 1.807) is 0 Å². The van der Waals surface area contributed by atoms with E-state index < -0.39 is 0 Å². The van der Waals surface area contributed by atoms with Crippen LogP contribution in [-0.4, -0.2) is 48.5 Å². The van der Waals surface area contributed by atoms with E-state index in [4.69, 9.17) is 4.99 Å². The summed E-state index contributed by atoms with van der Waals surface area (Å²) in [6.07, 6.45) is 6.02. The van der Waals surface area contributed by atoms with Crippen molar-refractivity contribution in [2.75, 3.05) is 37.6 Å². The van der Waals surface area contributed by atoms with Crippen molar-refractivity contribution >= 4 is 35.6 Å². The Kier molecular flexibility index (Phi) is 11.6. The smallest absolute Gasteiger partial charge is 0.191 e. The van der Waals surface area contributed by atoms with Gasteiger partial charge in [-0.2, -0.15) is 5.10 Å². The first-order valence-corrected chi connectivity index (χ1v) is 9.93. The number of aryl methyl sites for hydroxylation is 3. The molecule has 0 saturated carbocycles. The van der Waals surface area contributed by atoms with Gasteiger partial charge in [0.1, 0.15) is 0 Å². The van der Waals surface area contributed by atoms with Gasteiger partial charge in [0.2, 0.25) is 0 Å². The van der Waals surface area contributed by atoms with Gasteiger partial charge in [-0.05, 0) is 56.9 Å². The number of nitrogens with zero attached hydrogens (tertiary/aromatic N) is 4. The standard InChI is InChI=1S/C21H34N6.HI/c1-5-22-21(23-12-8-10-19-16-25-26(4)17-19)24-13-14-27(6-2)20-11-7-9-18(3)15-20;/h7,9,11,15-17H,5-6,8,10,12-14H2,1-4H3,(H2,22,23,24);1H. The average molecular weight is 498 g/mol. The van der Waals surface area contributed by atoms with Crippen LogP contribution in [0.4, 0.5) is 5.69 Å². The lowest BCUT2D eigenvalue weighted by Crippen LogP contribution is -2.41. The number of aromatic nitrogens is 2. The summed E-state index contributed by atoms with van der Waals surface area (Å²) in [5.74, 6) is 0.893. The topological polar surface area (TPSA) is 57.5 Å². The highest BCUT2D eigenvalue weighted by molar-refractivity contribution is 14.0. The summed E-state index contributed by atoms with van der Waals surface area (Å²) in [4.78, 5) is 7.07. The summed E-state index contributed by atoms with van der Waals surface area (Å²) >= 11 is 0. The Balaban J connectivity index is 0.00000392. The van der Waals surface area contributed by atoms with Crippen LogP contribution in [-0.2, 0) is 13.5 Å². The van der Waals surface area contributed by atoms with E-state index in [0.717, 1.165) is 51.5 Å². The Labute approximate surface area is 186 Å². The van der Waals surface area contributed by atoms with Crippen molar-refractivity contribution < 1.29 is 0 Å². The fourth-order valence-electron chi connectivity index (χ4n) is 3.02. The second kappa shape index (κ2) is 13.4. The first-order chi connectivity index (χ1) is 13.1. The van der Waals surface area contributed by atoms with Gasteiger partial charge in [-0.3, -0.25) is 9.67 Å². The van der Waals surface area contributed by atoms with Crippen molar-refractivity contribution in [3.8, 4) is 0 Å². The Morgan fingerprint density at radius 3 is 2.71 bits per heavy atom. The van der Waals surface area contributed by atoms with Crippen LogP contribution < -0.4 is 15.5 Å². The molecule has 0 unspecified atom stereocenters. The number of halogens is 1. The minimum atomic E-state index is 0. The van der Waals surface area contributed by atoms with Gasteiger partial charge in [0.25, 0.3) is 0 Å². The molecule has 2 aromatic rings. The molecule has 6 nitrogen and oxygen atoms in total. The van der Waals surface area contributed by atoms with Crippen LogP contribution in [0.25, 0.3) is 0 Å². The van der Waals surface area contributed by atoms with Crippen molar-refractivity contribution in [3.05, 3.63) is 47.8 Å². The van der Waals surface area contributed by atoms with Crippen LogP contribution >= 0.6 is 24.0 Å². The van der Waals surface area contributed by atoms with Crippen molar-refractivity contribution in [1.29, 1.82) is 0 Å². The summed E-state index contributed by atoms with van der Waals surface area (Å²) in [5, 5.41) is 11.0. The molecule has 0 aliphatic rings. The van der Waals surface area contributed by atoms with Gasteiger partial charge in [0.05, 0.1) is 6.20 Å². The summed E-state index contributed by atoms with van der Waals surface area (Å²) < 4.78 is 1.85. The van der Waals surface area contributed by atoms with Crippen molar-refractivity contribution in [2.45, 2.75) is 33.6 Å². The fourth-order valence-corrected chi connectivity index (χ4v) is 3.02. The van der Waals surface area contributed by atoms with Crippen molar-refractivity contribution in [2.24, 2.45) is 12.0 Å². The van der Waals surface area contributed by atoms with Gasteiger partial charge in [0, 0.05) is 51.7 Å². The lowest BCUT2D eigenvalue weighted by molar-refractivity contribution is 0.744. The van der Waals surface area contributed by atoms with Crippen LogP contribution in [0.15, 0.2) is 41.7 Å². The van der Waals surface area contributed by atoms with E-state index in [0.29, 0.717) is 0 Å². The van der Waals surface area contributed by atoms with Crippen LogP contribution in [0.5, 0.6) is 0 Å². The monoisotopic (exact) mass is 498 g/mol. The molecule has 0 radical (unpaired) electrons. The van der Waals surface area contributed by atoms with Crippen LogP contribution in [0.2, 0.25) is 0 Å². The minimum Gasteiger partial charge on any atom is -0.370 e. The Morgan fingerprint density at radius 1 is 1.25 bits per heavy atom. The molecule has 0 aliphatic heterocycles. The largest absolute Gasteiger partial charge is 0.370 e. The van der Waals surface area contributed by atoms with E-state index in [9.17, 15) is 0 Å². The maximum atomic E-state index is 4.69. The maximum Gasteiger partial charge on any atom is 0.191 e. The number of benzene rings is 1. The number of hydrogen-bond acceptors (Lipinski definition) is 3. The predicted octanol–water partition coefficient (Wildman–Crippen LogP) is 3.36. The van der Waals surface area contributed by atoms with E-state index in [1.807, 2.05) is 17.9 Å². The van der Waals surface area contributed by atoms with Crippen LogP contribution in [0.1, 0.15) is 31.4 Å². The molecule has 0 bridgehead atoms. The second-order valence-electron chi connectivity index (χ2n) is 6.73. The fraction of sp³-hybridized carbons (Fsp3) is 0.524. The average Bonchev–Trinajstić information content (AvgIpc) is 3.07. The zero-order chi connectivity index (χ0) is 19.5. The van der Waals surface area contributed by atoms with Crippen molar-refractivity contribution in [1.82, 2.24) is 20.4 Å². The summed E-state index contributed by atoms with van der Waals surface area (Å²) in [7, 11) is 1.95. The number of nitrogens with one attached hydrogen (secondary N) is 2. The Hall–Kier alpha value is -1.77. The van der Waals surface area contributed by atoms with Gasteiger partial charge in [0.15, 0.2) is 5.96 Å². The summed E-state index contributed by atoms with van der Waals surface area (Å²) in [5.41, 5.74) is 3.84. The molecule has 156 valence electrons. The SMILES string of the molecule is CCNC(=NCCCc1cnn(C)c1)NCCN(CC)c1cccc(C)c1.I. The van der Waals surface area contributed by atoms with E-state index in [-0.39, 0.29) is 24.0 Å². The molecule has 0 atom stereocenters. The molecule has 1 aromatic carbocycles. The Morgan fingerprint density at radius 2 is 2.07 bits per heavy atom. The predicted molar refractivity (Wildman–Crippen MR) is 130 cm³/mol. The normalized spacial score (nSPS) is 11.1. The lowest BCUT2D eigenvalue weighted by Gasteiger charge is -2.24. The molecule has 0 saturated heterocycles. The number of rotatable bonds is 10. The number of anilines is 1. The summed E-state index contributed by atoms with van der Waals surface area (Å²) in [6, 6.07) is 8.67. The molecule has 28 heavy (non-hydrogen) atoms. The number of hydrogen-bond donors (Lipinski definition) is 2. The number of likely N-dealkylation sites (N-methyl/N-ethyl adjacent to an activating group) is 1. The first-order valence-electron chi connectivity index (χ1n) is 9.93. The van der Waals surface area contributed by atoms with E-state index in [1.165, 1.54) is 16.8 Å². The third-order valence-corrected chi connectivity index (χ3v) is 4.42. The highest BCUT2D eigenvalue weighted by atomic mass is 127. The van der Waals surface area contributed by atoms with Crippen molar-refractivity contribution in [3.63, 3.8) is 0 Å². The van der Waals surface area contributed by atoms with E-state index >= 15 is 0 Å². The molecule has 1 heterocycles. The molecule has 1 aromatic heterocycles. The maximum absolute atomic E-state index is 4.69. The zero-order valence-corrected chi connectivity index (χ0v) is 19.9. The van der Waals surface area contributed by atoms with Gasteiger partial charge < -0.3 is 15.5 Å². The molecule has 0 spiro atoms. The van der Waals surface area contributed by atoms with Gasteiger partial charge in [-0.25, -0.2) is 0 Å². The molecule has 2 rings (SSSR count). The summed E-state index contributed by atoms with van der Waals surface area (Å²) in [6.45, 7) is 10.9. The van der Waals surface area contributed by atoms with Crippen LogP contribution in [0.3, 0.4) is 0 Å². The molecular formula is C21H35IN6. The highest BCUT2D eigenvalue weighted by Gasteiger charge is 2.05. The molecule has 2 N–H and O–H groups in total. The lowest BCUT2D eigenvalue weighted by atomic mass is 10.2. The minimum absolute atomic E-state index is 0. The van der Waals surface area contributed by atoms with E-state index in [2.05, 4.69) is 71.9 Å². The zero-order valence-electron chi connectivity index (χ0n) is 17.6. The molecular weight excluding hydrogens is 463 g/mol. The van der Waals surface area contributed by atoms with Gasteiger partial charge in [-0.1, -0.05) is 12.1 Å².